The van der Waals surface area contributed by atoms with Gasteiger partial charge in [-0.1, -0.05) is 6.92 Å². The van der Waals surface area contributed by atoms with E-state index in [2.05, 4.69) is 4.72 Å². The Labute approximate surface area is 120 Å². The third-order valence-corrected chi connectivity index (χ3v) is 5.11. The Kier molecular flexibility index (Phi) is 4.45. The molecule has 5 nitrogen and oxygen atoms in total. The van der Waals surface area contributed by atoms with Gasteiger partial charge in [-0.2, -0.15) is 0 Å². The Morgan fingerprint density at radius 2 is 1.95 bits per heavy atom. The average Bonchev–Trinajstić information content (AvgIpc) is 2.84. The molecule has 0 spiro atoms. The average molecular weight is 296 g/mol. The maximum absolute atomic E-state index is 12.1. The molecule has 1 amide bonds. The number of nitrogens with one attached hydrogen (secondary N) is 1. The first-order valence-electron chi connectivity index (χ1n) is 6.87. The summed E-state index contributed by atoms with van der Waals surface area (Å²) < 4.78 is 26.8. The number of hydrogen-bond acceptors (Lipinski definition) is 3. The lowest BCUT2D eigenvalue weighted by Gasteiger charge is -2.16. The van der Waals surface area contributed by atoms with Crippen LogP contribution in [0.1, 0.15) is 33.1 Å². The molecule has 110 valence electrons. The van der Waals surface area contributed by atoms with Crippen molar-refractivity contribution in [3.63, 3.8) is 0 Å². The van der Waals surface area contributed by atoms with Gasteiger partial charge in [0.15, 0.2) is 0 Å². The summed E-state index contributed by atoms with van der Waals surface area (Å²) in [6.07, 6.45) is 2.16. The summed E-state index contributed by atoms with van der Waals surface area (Å²) in [5.74, 6) is 0.0957. The van der Waals surface area contributed by atoms with Gasteiger partial charge in [-0.25, -0.2) is 13.1 Å². The van der Waals surface area contributed by atoms with Crippen LogP contribution in [0.4, 0.5) is 5.69 Å². The van der Waals surface area contributed by atoms with Gasteiger partial charge in [0, 0.05) is 24.7 Å². The first kappa shape index (κ1) is 15.0. The van der Waals surface area contributed by atoms with Gasteiger partial charge in [0.25, 0.3) is 0 Å². The third kappa shape index (κ3) is 3.19. The lowest BCUT2D eigenvalue weighted by atomic mass is 10.3. The fraction of sp³-hybridized carbons (Fsp3) is 0.500. The SMILES string of the molecule is CCC(C)NS(=O)(=O)c1ccc(N2CCCC2=O)cc1. The quantitative estimate of drug-likeness (QED) is 0.902. The summed E-state index contributed by atoms with van der Waals surface area (Å²) in [7, 11) is -3.48. The van der Waals surface area contributed by atoms with Crippen LogP contribution in [0.3, 0.4) is 0 Å². The Balaban J connectivity index is 2.17. The highest BCUT2D eigenvalue weighted by Gasteiger charge is 2.22. The molecule has 0 aliphatic carbocycles. The van der Waals surface area contributed by atoms with Crippen LogP contribution in [-0.2, 0) is 14.8 Å². The van der Waals surface area contributed by atoms with Crippen molar-refractivity contribution in [3.05, 3.63) is 24.3 Å². The van der Waals surface area contributed by atoms with Gasteiger partial charge in [0.2, 0.25) is 15.9 Å². The van der Waals surface area contributed by atoms with Crippen molar-refractivity contribution < 1.29 is 13.2 Å². The summed E-state index contributed by atoms with van der Waals surface area (Å²) in [5, 5.41) is 0. The second-order valence-electron chi connectivity index (χ2n) is 5.07. The van der Waals surface area contributed by atoms with Crippen molar-refractivity contribution >= 4 is 21.6 Å². The zero-order valence-electron chi connectivity index (χ0n) is 11.8. The number of benzene rings is 1. The van der Waals surface area contributed by atoms with Crippen LogP contribution in [0, 0.1) is 0 Å². The number of carbonyl (C=O) groups excluding carboxylic acids is 1. The van der Waals surface area contributed by atoms with E-state index in [4.69, 9.17) is 0 Å². The number of amides is 1. The Morgan fingerprint density at radius 1 is 1.30 bits per heavy atom. The van der Waals surface area contributed by atoms with Crippen LogP contribution in [-0.4, -0.2) is 26.9 Å². The molecule has 1 N–H and O–H groups in total. The minimum atomic E-state index is -3.48. The van der Waals surface area contributed by atoms with E-state index in [0.717, 1.165) is 18.5 Å². The van der Waals surface area contributed by atoms with Crippen molar-refractivity contribution in [2.24, 2.45) is 0 Å². The third-order valence-electron chi connectivity index (χ3n) is 3.50. The van der Waals surface area contributed by atoms with Gasteiger partial charge in [-0.05, 0) is 44.0 Å². The standard InChI is InChI=1S/C14H20N2O3S/c1-3-11(2)15-20(18,19)13-8-6-12(7-9-13)16-10-4-5-14(16)17/h6-9,11,15H,3-5,10H2,1-2H3. The molecular formula is C14H20N2O3S. The molecule has 1 aromatic carbocycles. The predicted octanol–water partition coefficient (Wildman–Crippen LogP) is 1.89. The summed E-state index contributed by atoms with van der Waals surface area (Å²) >= 11 is 0. The number of rotatable bonds is 5. The molecule has 1 aliphatic rings. The number of anilines is 1. The molecule has 0 bridgehead atoms. The fourth-order valence-corrected chi connectivity index (χ4v) is 3.47. The number of carbonyl (C=O) groups is 1. The zero-order valence-corrected chi connectivity index (χ0v) is 12.6. The maximum Gasteiger partial charge on any atom is 0.240 e. The lowest BCUT2D eigenvalue weighted by molar-refractivity contribution is -0.117. The number of sulfonamides is 1. The molecule has 20 heavy (non-hydrogen) atoms. The Morgan fingerprint density at radius 3 is 2.45 bits per heavy atom. The van der Waals surface area contributed by atoms with E-state index in [0.29, 0.717) is 13.0 Å². The van der Waals surface area contributed by atoms with E-state index in [-0.39, 0.29) is 16.8 Å². The Hall–Kier alpha value is -1.40. The molecule has 0 radical (unpaired) electrons. The van der Waals surface area contributed by atoms with Gasteiger partial charge >= 0.3 is 0 Å². The van der Waals surface area contributed by atoms with Gasteiger partial charge in [0.05, 0.1) is 4.90 Å². The van der Waals surface area contributed by atoms with Crippen molar-refractivity contribution in [1.82, 2.24) is 4.72 Å². The van der Waals surface area contributed by atoms with E-state index in [9.17, 15) is 13.2 Å². The zero-order chi connectivity index (χ0) is 14.8. The molecule has 1 aliphatic heterocycles. The summed E-state index contributed by atoms with van der Waals surface area (Å²) in [4.78, 5) is 13.6. The first-order chi connectivity index (χ1) is 9.44. The normalized spacial score (nSPS) is 17.5. The van der Waals surface area contributed by atoms with E-state index in [1.807, 2.05) is 13.8 Å². The molecule has 1 atom stereocenters. The number of hydrogen-bond donors (Lipinski definition) is 1. The summed E-state index contributed by atoms with van der Waals surface area (Å²) in [6, 6.07) is 6.37. The Bertz CT molecular complexity index is 581. The van der Waals surface area contributed by atoms with Gasteiger partial charge in [-0.15, -0.1) is 0 Å². The van der Waals surface area contributed by atoms with Crippen LogP contribution in [0.2, 0.25) is 0 Å². The van der Waals surface area contributed by atoms with E-state index >= 15 is 0 Å². The molecule has 1 unspecified atom stereocenters. The molecular weight excluding hydrogens is 276 g/mol. The van der Waals surface area contributed by atoms with Crippen LogP contribution >= 0.6 is 0 Å². The van der Waals surface area contributed by atoms with Crippen molar-refractivity contribution in [2.75, 3.05) is 11.4 Å². The van der Waals surface area contributed by atoms with Crippen molar-refractivity contribution in [1.29, 1.82) is 0 Å². The van der Waals surface area contributed by atoms with Gasteiger partial charge in [-0.3, -0.25) is 4.79 Å². The minimum absolute atomic E-state index is 0.0957. The van der Waals surface area contributed by atoms with Crippen molar-refractivity contribution in [2.45, 2.75) is 44.0 Å². The highest BCUT2D eigenvalue weighted by Crippen LogP contribution is 2.23. The van der Waals surface area contributed by atoms with E-state index in [1.165, 1.54) is 0 Å². The van der Waals surface area contributed by atoms with Crippen LogP contribution in [0.25, 0.3) is 0 Å². The highest BCUT2D eigenvalue weighted by molar-refractivity contribution is 7.89. The number of nitrogens with zero attached hydrogens (tertiary/aromatic N) is 1. The highest BCUT2D eigenvalue weighted by atomic mass is 32.2. The smallest absolute Gasteiger partial charge is 0.240 e. The summed E-state index contributed by atoms with van der Waals surface area (Å²) in [5.41, 5.74) is 0.759. The second-order valence-corrected chi connectivity index (χ2v) is 6.79. The molecule has 1 aromatic rings. The molecule has 1 fully saturated rings. The van der Waals surface area contributed by atoms with Crippen LogP contribution in [0.15, 0.2) is 29.2 Å². The van der Waals surface area contributed by atoms with Crippen LogP contribution < -0.4 is 9.62 Å². The molecule has 2 rings (SSSR count). The van der Waals surface area contributed by atoms with Crippen LogP contribution in [0.5, 0.6) is 0 Å². The van der Waals surface area contributed by atoms with Gasteiger partial charge in [0.1, 0.15) is 0 Å². The predicted molar refractivity (Wildman–Crippen MR) is 78.1 cm³/mol. The monoisotopic (exact) mass is 296 g/mol. The first-order valence-corrected chi connectivity index (χ1v) is 8.35. The van der Waals surface area contributed by atoms with Crippen molar-refractivity contribution in [3.8, 4) is 0 Å². The van der Waals surface area contributed by atoms with E-state index in [1.54, 1.807) is 29.2 Å². The molecule has 6 heteroatoms. The molecule has 1 heterocycles. The molecule has 0 saturated carbocycles. The second kappa shape index (κ2) is 5.93. The maximum atomic E-state index is 12.1. The van der Waals surface area contributed by atoms with Gasteiger partial charge < -0.3 is 4.90 Å². The minimum Gasteiger partial charge on any atom is -0.312 e. The summed E-state index contributed by atoms with van der Waals surface area (Å²) in [6.45, 7) is 4.46. The topological polar surface area (TPSA) is 66.5 Å². The lowest BCUT2D eigenvalue weighted by Crippen LogP contribution is -2.32. The molecule has 0 aromatic heterocycles. The largest absolute Gasteiger partial charge is 0.312 e. The van der Waals surface area contributed by atoms with E-state index < -0.39 is 10.0 Å². The molecule has 1 saturated heterocycles. The fourth-order valence-electron chi connectivity index (χ4n) is 2.14.